The molecule has 1 heterocycles. The van der Waals surface area contributed by atoms with Crippen LogP contribution in [0.3, 0.4) is 0 Å². The Labute approximate surface area is 196 Å². The first-order chi connectivity index (χ1) is 15.6. The van der Waals surface area contributed by atoms with Gasteiger partial charge in [-0.2, -0.15) is 0 Å². The number of benzene rings is 2. The van der Waals surface area contributed by atoms with Crippen molar-refractivity contribution in [3.63, 3.8) is 0 Å². The SMILES string of the molecule is CC(C)Oc1ccc(/C(O)=C2\C(=O)C(=O)N(CCN(C)C)C2c2ccc(C(C)C)cc2)cc1. The van der Waals surface area contributed by atoms with Crippen molar-refractivity contribution in [1.82, 2.24) is 9.80 Å². The van der Waals surface area contributed by atoms with Gasteiger partial charge in [-0.3, -0.25) is 9.59 Å². The Kier molecular flexibility index (Phi) is 7.59. The summed E-state index contributed by atoms with van der Waals surface area (Å²) in [6.07, 6.45) is 0.0280. The molecule has 0 aromatic heterocycles. The van der Waals surface area contributed by atoms with Gasteiger partial charge in [0.1, 0.15) is 11.5 Å². The standard InChI is InChI=1S/C27H34N2O4/c1-17(2)19-7-9-20(10-8-19)24-23(26(31)27(32)29(24)16-15-28(5)6)25(30)21-11-13-22(14-12-21)33-18(3)4/h7-14,17-18,24,30H,15-16H2,1-6H3/b25-23+. The molecule has 0 bridgehead atoms. The van der Waals surface area contributed by atoms with Crippen LogP contribution in [0, 0.1) is 0 Å². The van der Waals surface area contributed by atoms with Gasteiger partial charge in [0.2, 0.25) is 0 Å². The van der Waals surface area contributed by atoms with Crippen LogP contribution in [0.2, 0.25) is 0 Å². The average molecular weight is 451 g/mol. The fourth-order valence-electron chi connectivity index (χ4n) is 3.95. The number of likely N-dealkylation sites (tertiary alicyclic amines) is 1. The third-order valence-electron chi connectivity index (χ3n) is 5.75. The fraction of sp³-hybridized carbons (Fsp3) is 0.407. The van der Waals surface area contributed by atoms with E-state index in [1.165, 1.54) is 5.56 Å². The molecule has 0 saturated carbocycles. The molecular formula is C27H34N2O4. The highest BCUT2D eigenvalue weighted by molar-refractivity contribution is 6.46. The summed E-state index contributed by atoms with van der Waals surface area (Å²) >= 11 is 0. The summed E-state index contributed by atoms with van der Waals surface area (Å²) < 4.78 is 5.67. The van der Waals surface area contributed by atoms with Crippen molar-refractivity contribution in [2.24, 2.45) is 0 Å². The maximum absolute atomic E-state index is 13.1. The molecule has 1 aliphatic rings. The third-order valence-corrected chi connectivity index (χ3v) is 5.75. The topological polar surface area (TPSA) is 70.1 Å². The lowest BCUT2D eigenvalue weighted by Crippen LogP contribution is -2.35. The number of carbonyl (C=O) groups is 2. The summed E-state index contributed by atoms with van der Waals surface area (Å²) in [7, 11) is 3.84. The minimum absolute atomic E-state index is 0.0280. The molecule has 1 atom stereocenters. The number of carbonyl (C=O) groups excluding carboxylic acids is 2. The van der Waals surface area contributed by atoms with Crippen LogP contribution in [0.15, 0.2) is 54.1 Å². The van der Waals surface area contributed by atoms with Gasteiger partial charge >= 0.3 is 0 Å². The van der Waals surface area contributed by atoms with E-state index < -0.39 is 17.7 Å². The molecule has 176 valence electrons. The Morgan fingerprint density at radius 2 is 1.61 bits per heavy atom. The monoisotopic (exact) mass is 450 g/mol. The highest BCUT2D eigenvalue weighted by Crippen LogP contribution is 2.39. The van der Waals surface area contributed by atoms with Crippen LogP contribution in [0.1, 0.15) is 56.3 Å². The highest BCUT2D eigenvalue weighted by Gasteiger charge is 2.45. The summed E-state index contributed by atoms with van der Waals surface area (Å²) in [6, 6.07) is 14.2. The summed E-state index contributed by atoms with van der Waals surface area (Å²) in [5.74, 6) is -0.378. The van der Waals surface area contributed by atoms with Crippen molar-refractivity contribution in [2.45, 2.75) is 45.8 Å². The summed E-state index contributed by atoms with van der Waals surface area (Å²) in [6.45, 7) is 9.10. The Balaban J connectivity index is 2.07. The smallest absolute Gasteiger partial charge is 0.295 e. The van der Waals surface area contributed by atoms with Crippen molar-refractivity contribution in [1.29, 1.82) is 0 Å². The predicted octanol–water partition coefficient (Wildman–Crippen LogP) is 4.58. The molecule has 1 saturated heterocycles. The lowest BCUT2D eigenvalue weighted by atomic mass is 9.93. The van der Waals surface area contributed by atoms with Gasteiger partial charge in [-0.25, -0.2) is 0 Å². The molecule has 2 aromatic rings. The minimum Gasteiger partial charge on any atom is -0.507 e. The van der Waals surface area contributed by atoms with Gasteiger partial charge in [0.05, 0.1) is 17.7 Å². The van der Waals surface area contributed by atoms with E-state index in [0.717, 1.165) is 5.56 Å². The van der Waals surface area contributed by atoms with Crippen molar-refractivity contribution in [2.75, 3.05) is 27.2 Å². The number of ketones is 1. The lowest BCUT2D eigenvalue weighted by molar-refractivity contribution is -0.140. The maximum atomic E-state index is 13.1. The molecular weight excluding hydrogens is 416 g/mol. The Bertz CT molecular complexity index is 1020. The molecule has 0 radical (unpaired) electrons. The van der Waals surface area contributed by atoms with Gasteiger partial charge in [0.25, 0.3) is 11.7 Å². The van der Waals surface area contributed by atoms with Gasteiger partial charge in [-0.1, -0.05) is 38.1 Å². The van der Waals surface area contributed by atoms with Gasteiger partial charge < -0.3 is 19.6 Å². The number of rotatable bonds is 8. The number of Topliss-reactive ketones (excluding diaryl/α,β-unsaturated/α-hetero) is 1. The number of amides is 1. The van der Waals surface area contributed by atoms with Crippen LogP contribution in [0.4, 0.5) is 0 Å². The van der Waals surface area contributed by atoms with Gasteiger partial charge in [0.15, 0.2) is 0 Å². The van der Waals surface area contributed by atoms with E-state index in [-0.39, 0.29) is 17.4 Å². The zero-order valence-electron chi connectivity index (χ0n) is 20.3. The first kappa shape index (κ1) is 24.5. The number of hydrogen-bond donors (Lipinski definition) is 1. The minimum atomic E-state index is -0.660. The maximum Gasteiger partial charge on any atom is 0.295 e. The van der Waals surface area contributed by atoms with E-state index in [0.29, 0.717) is 30.3 Å². The Morgan fingerprint density at radius 3 is 2.12 bits per heavy atom. The molecule has 6 nitrogen and oxygen atoms in total. The second-order valence-corrected chi connectivity index (χ2v) is 9.31. The summed E-state index contributed by atoms with van der Waals surface area (Å²) in [5, 5.41) is 11.2. The van der Waals surface area contributed by atoms with Crippen molar-refractivity contribution < 1.29 is 19.4 Å². The number of aliphatic hydroxyl groups excluding tert-OH is 1. The van der Waals surface area contributed by atoms with Crippen LogP contribution in [0.5, 0.6) is 5.75 Å². The van der Waals surface area contributed by atoms with Crippen LogP contribution in [-0.2, 0) is 9.59 Å². The van der Waals surface area contributed by atoms with Crippen molar-refractivity contribution in [3.8, 4) is 5.75 Å². The molecule has 2 aromatic carbocycles. The average Bonchev–Trinajstić information content (AvgIpc) is 3.02. The normalized spacial score (nSPS) is 18.1. The Morgan fingerprint density at radius 1 is 1.00 bits per heavy atom. The van der Waals surface area contributed by atoms with E-state index in [4.69, 9.17) is 4.74 Å². The first-order valence-electron chi connectivity index (χ1n) is 11.4. The van der Waals surface area contributed by atoms with E-state index >= 15 is 0 Å². The van der Waals surface area contributed by atoms with Crippen LogP contribution in [-0.4, -0.2) is 59.9 Å². The van der Waals surface area contributed by atoms with E-state index in [1.807, 2.05) is 57.1 Å². The number of ether oxygens (including phenoxy) is 1. The molecule has 3 rings (SSSR count). The quantitative estimate of drug-likeness (QED) is 0.362. The predicted molar refractivity (Wildman–Crippen MR) is 130 cm³/mol. The molecule has 1 amide bonds. The van der Waals surface area contributed by atoms with E-state index in [1.54, 1.807) is 29.2 Å². The lowest BCUT2D eigenvalue weighted by Gasteiger charge is -2.27. The largest absolute Gasteiger partial charge is 0.507 e. The number of nitrogens with zero attached hydrogens (tertiary/aromatic N) is 2. The summed E-state index contributed by atoms with van der Waals surface area (Å²) in [4.78, 5) is 29.6. The molecule has 1 unspecified atom stereocenters. The van der Waals surface area contributed by atoms with Gasteiger partial charge in [-0.15, -0.1) is 0 Å². The van der Waals surface area contributed by atoms with Gasteiger partial charge in [-0.05, 0) is 69.3 Å². The van der Waals surface area contributed by atoms with Crippen LogP contribution in [0.25, 0.3) is 5.76 Å². The second-order valence-electron chi connectivity index (χ2n) is 9.31. The molecule has 1 fully saturated rings. The Hall–Kier alpha value is -3.12. The molecule has 0 spiro atoms. The van der Waals surface area contributed by atoms with Crippen molar-refractivity contribution in [3.05, 3.63) is 70.8 Å². The van der Waals surface area contributed by atoms with Gasteiger partial charge in [0, 0.05) is 18.7 Å². The molecule has 1 aliphatic heterocycles. The highest BCUT2D eigenvalue weighted by atomic mass is 16.5. The zero-order chi connectivity index (χ0) is 24.3. The van der Waals surface area contributed by atoms with Crippen LogP contribution >= 0.6 is 0 Å². The second kappa shape index (κ2) is 10.2. The third kappa shape index (κ3) is 5.45. The van der Waals surface area contributed by atoms with E-state index in [2.05, 4.69) is 13.8 Å². The molecule has 6 heteroatoms. The molecule has 0 aliphatic carbocycles. The molecule has 1 N–H and O–H groups in total. The zero-order valence-corrected chi connectivity index (χ0v) is 20.3. The fourth-order valence-corrected chi connectivity index (χ4v) is 3.95. The summed E-state index contributed by atoms with van der Waals surface area (Å²) in [5.41, 5.74) is 2.57. The van der Waals surface area contributed by atoms with Crippen LogP contribution < -0.4 is 4.74 Å². The number of likely N-dealkylation sites (N-methyl/N-ethyl adjacent to an activating group) is 1. The van der Waals surface area contributed by atoms with E-state index in [9.17, 15) is 14.7 Å². The molecule has 33 heavy (non-hydrogen) atoms. The first-order valence-corrected chi connectivity index (χ1v) is 11.4. The number of hydrogen-bond acceptors (Lipinski definition) is 5. The van der Waals surface area contributed by atoms with Crippen molar-refractivity contribution >= 4 is 17.4 Å². The number of aliphatic hydroxyl groups is 1.